The molecule has 51 heavy (non-hydrogen) atoms. The number of nitrogens with zero attached hydrogens (tertiary/aromatic N) is 2. The van der Waals surface area contributed by atoms with Crippen LogP contribution in [0.15, 0.2) is 167 Å². The number of hydrogen-bond donors (Lipinski definition) is 2. The second-order valence-corrected chi connectivity index (χ2v) is 14.6. The summed E-state index contributed by atoms with van der Waals surface area (Å²) in [7, 11) is 0. The number of rotatable bonds is 4. The number of nitrogens with one attached hydrogen (secondary N) is 1. The molecular weight excluding hydrogens is 625 g/mol. The van der Waals surface area contributed by atoms with Gasteiger partial charge < -0.3 is 15.8 Å². The van der Waals surface area contributed by atoms with Gasteiger partial charge in [0.2, 0.25) is 0 Å². The third-order valence-corrected chi connectivity index (χ3v) is 12.0. The van der Waals surface area contributed by atoms with Gasteiger partial charge in [0.05, 0.1) is 0 Å². The van der Waals surface area contributed by atoms with Gasteiger partial charge in [0, 0.05) is 33.7 Å². The van der Waals surface area contributed by atoms with Gasteiger partial charge in [-0.1, -0.05) is 121 Å². The van der Waals surface area contributed by atoms with E-state index in [9.17, 15) is 0 Å². The van der Waals surface area contributed by atoms with E-state index in [1.54, 1.807) is 0 Å². The lowest BCUT2D eigenvalue weighted by atomic mass is 9.58. The molecule has 2 heterocycles. The zero-order valence-electron chi connectivity index (χ0n) is 28.5. The Morgan fingerprint density at radius 1 is 0.745 bits per heavy atom. The van der Waals surface area contributed by atoms with Crippen molar-refractivity contribution in [3.05, 3.63) is 179 Å². The maximum Gasteiger partial charge on any atom is 0.169 e. The summed E-state index contributed by atoms with van der Waals surface area (Å²) in [6.45, 7) is 0. The first-order valence-electron chi connectivity index (χ1n) is 18.4. The fraction of sp³-hybridized carbons (Fsp3) is 0.217. The van der Waals surface area contributed by atoms with Crippen LogP contribution in [0.25, 0.3) is 5.57 Å². The van der Waals surface area contributed by atoms with Gasteiger partial charge in [-0.15, -0.1) is 0 Å². The smallest absolute Gasteiger partial charge is 0.169 e. The van der Waals surface area contributed by atoms with Crippen LogP contribution in [0.4, 0.5) is 5.69 Å². The number of allylic oxidation sites excluding steroid dienone is 7. The van der Waals surface area contributed by atoms with Gasteiger partial charge >= 0.3 is 0 Å². The van der Waals surface area contributed by atoms with E-state index in [1.807, 2.05) is 12.1 Å². The second-order valence-electron chi connectivity index (χ2n) is 14.6. The molecule has 4 aromatic rings. The Kier molecular flexibility index (Phi) is 7.09. The number of anilines is 1. The zero-order chi connectivity index (χ0) is 33.9. The number of fused-ring (bicyclic) bond motifs is 9. The Balaban J connectivity index is 1.11. The fourth-order valence-electron chi connectivity index (χ4n) is 9.96. The molecule has 5 heteroatoms. The number of nitrogen functional groups attached to an aromatic ring is 1. The van der Waals surface area contributed by atoms with Crippen molar-refractivity contribution in [3.63, 3.8) is 0 Å². The summed E-state index contributed by atoms with van der Waals surface area (Å²) in [5, 5.41) is 3.78. The Morgan fingerprint density at radius 2 is 1.47 bits per heavy atom. The lowest BCUT2D eigenvalue weighted by Crippen LogP contribution is -2.44. The summed E-state index contributed by atoms with van der Waals surface area (Å²) in [5.41, 5.74) is 15.1. The highest BCUT2D eigenvalue weighted by atomic mass is 16.5. The van der Waals surface area contributed by atoms with E-state index in [1.165, 1.54) is 27.8 Å². The number of amidine groups is 2. The summed E-state index contributed by atoms with van der Waals surface area (Å²) < 4.78 is 6.63. The van der Waals surface area contributed by atoms with Crippen LogP contribution in [0.3, 0.4) is 0 Å². The molecule has 0 bridgehead atoms. The van der Waals surface area contributed by atoms with Gasteiger partial charge in [-0.25, -0.2) is 9.98 Å². The zero-order valence-corrected chi connectivity index (χ0v) is 28.5. The van der Waals surface area contributed by atoms with Crippen LogP contribution >= 0.6 is 0 Å². The number of benzene rings is 4. The first-order valence-corrected chi connectivity index (χ1v) is 18.4. The van der Waals surface area contributed by atoms with Crippen molar-refractivity contribution in [1.82, 2.24) is 5.32 Å². The van der Waals surface area contributed by atoms with E-state index in [2.05, 4.69) is 139 Å². The number of hydrogen-bond acceptors (Lipinski definition) is 5. The highest BCUT2D eigenvalue weighted by Gasteiger charge is 2.64. The molecule has 2 aliphatic heterocycles. The van der Waals surface area contributed by atoms with Crippen LogP contribution in [0.2, 0.25) is 0 Å². The Labute approximate surface area is 299 Å². The van der Waals surface area contributed by atoms with Gasteiger partial charge in [-0.2, -0.15) is 0 Å². The molecule has 1 spiro atoms. The molecule has 3 N–H and O–H groups in total. The van der Waals surface area contributed by atoms with Gasteiger partial charge in [-0.3, -0.25) is 0 Å². The van der Waals surface area contributed by atoms with Crippen LogP contribution in [0, 0.1) is 23.7 Å². The Hall–Kier alpha value is -5.68. The second kappa shape index (κ2) is 12.0. The fourth-order valence-corrected chi connectivity index (χ4v) is 9.96. The van der Waals surface area contributed by atoms with Crippen molar-refractivity contribution in [2.45, 2.75) is 37.3 Å². The molecule has 0 amide bonds. The maximum atomic E-state index is 6.63. The first kappa shape index (κ1) is 30.2. The SMILES string of the molecule is Nc1ccc(C2=CC(C3N=C(C4=CC=CC5C4C4C=CCCC4C54c5ccccc5Oc5ccccc54)NC(c4ccccc4)=N3)=CCC2)cc1. The van der Waals surface area contributed by atoms with Crippen molar-refractivity contribution in [2.24, 2.45) is 33.7 Å². The van der Waals surface area contributed by atoms with Crippen LogP contribution in [-0.4, -0.2) is 17.8 Å². The quantitative estimate of drug-likeness (QED) is 0.169. The molecule has 0 radical (unpaired) electrons. The van der Waals surface area contributed by atoms with Crippen LogP contribution < -0.4 is 15.8 Å². The molecule has 5 nitrogen and oxygen atoms in total. The predicted octanol–water partition coefficient (Wildman–Crippen LogP) is 9.56. The molecule has 250 valence electrons. The van der Waals surface area contributed by atoms with Gasteiger partial charge in [-0.05, 0) is 90.0 Å². The summed E-state index contributed by atoms with van der Waals surface area (Å²) in [6, 6.07) is 36.2. The number of nitrogens with two attached hydrogens (primary N) is 1. The van der Waals surface area contributed by atoms with E-state index in [0.717, 1.165) is 65.7 Å². The number of para-hydroxylation sites is 2. The van der Waals surface area contributed by atoms with E-state index in [0.29, 0.717) is 11.8 Å². The normalized spacial score (nSPS) is 26.5. The third kappa shape index (κ3) is 4.75. The minimum atomic E-state index is -0.358. The molecule has 1 saturated carbocycles. The minimum absolute atomic E-state index is 0.217. The van der Waals surface area contributed by atoms with Gasteiger partial charge in [0.25, 0.3) is 0 Å². The molecule has 4 aliphatic carbocycles. The van der Waals surface area contributed by atoms with Gasteiger partial charge in [0.1, 0.15) is 23.2 Å². The van der Waals surface area contributed by atoms with E-state index in [-0.39, 0.29) is 23.4 Å². The monoisotopic (exact) mass is 664 g/mol. The molecule has 0 aromatic heterocycles. The van der Waals surface area contributed by atoms with Crippen LogP contribution in [-0.2, 0) is 5.41 Å². The average Bonchev–Trinajstić information content (AvgIpc) is 3.49. The van der Waals surface area contributed by atoms with E-state index < -0.39 is 0 Å². The lowest BCUT2D eigenvalue weighted by molar-refractivity contribution is 0.258. The molecule has 0 saturated heterocycles. The van der Waals surface area contributed by atoms with Crippen LogP contribution in [0.5, 0.6) is 11.5 Å². The van der Waals surface area contributed by atoms with Crippen molar-refractivity contribution >= 4 is 22.9 Å². The van der Waals surface area contributed by atoms with Gasteiger partial charge in [0.15, 0.2) is 6.17 Å². The highest BCUT2D eigenvalue weighted by Crippen LogP contribution is 2.68. The molecule has 5 unspecified atom stereocenters. The molecular formula is C46H40N4O. The molecule has 6 aliphatic rings. The molecule has 5 atom stereocenters. The Bertz CT molecular complexity index is 2210. The minimum Gasteiger partial charge on any atom is -0.457 e. The summed E-state index contributed by atoms with van der Waals surface area (Å²) in [4.78, 5) is 10.8. The first-order chi connectivity index (χ1) is 25.2. The Morgan fingerprint density at radius 3 is 2.25 bits per heavy atom. The average molecular weight is 665 g/mol. The summed E-state index contributed by atoms with van der Waals surface area (Å²) >= 11 is 0. The molecule has 10 rings (SSSR count). The van der Waals surface area contributed by atoms with Crippen molar-refractivity contribution in [3.8, 4) is 11.5 Å². The highest BCUT2D eigenvalue weighted by molar-refractivity contribution is 6.16. The summed E-state index contributed by atoms with van der Waals surface area (Å²) in [5.74, 6) is 4.93. The van der Waals surface area contributed by atoms with E-state index in [4.69, 9.17) is 20.5 Å². The topological polar surface area (TPSA) is 72.0 Å². The third-order valence-electron chi connectivity index (χ3n) is 12.0. The molecule has 4 aromatic carbocycles. The largest absolute Gasteiger partial charge is 0.457 e. The predicted molar refractivity (Wildman–Crippen MR) is 207 cm³/mol. The standard InChI is InChI=1S/C46H40N4O/c47-33-26-24-29(25-27-33)31-14-10-15-32(28-31)44-48-43(30-12-2-1-3-13-30)49-45(50-44)35-17-11-21-39-42(35)34-16-4-5-18-36(34)46(39)37-19-6-8-22-40(37)51-41-23-9-7-20-38(41)46/h1-4,6-9,11-13,15-17,19-28,34,36,39,42,44H,5,10,14,18,47H2,(H,48,49,50). The number of aliphatic imine (C=N–C) groups is 2. The lowest BCUT2D eigenvalue weighted by Gasteiger charge is -2.46. The molecule has 1 fully saturated rings. The summed E-state index contributed by atoms with van der Waals surface area (Å²) in [6.07, 6.45) is 20.4. The number of ether oxygens (including phenoxy) is 1. The van der Waals surface area contributed by atoms with Crippen molar-refractivity contribution in [1.29, 1.82) is 0 Å². The van der Waals surface area contributed by atoms with Crippen molar-refractivity contribution < 1.29 is 4.74 Å². The van der Waals surface area contributed by atoms with Crippen molar-refractivity contribution in [2.75, 3.05) is 5.73 Å². The van der Waals surface area contributed by atoms with E-state index >= 15 is 0 Å². The maximum absolute atomic E-state index is 6.63. The van der Waals surface area contributed by atoms with Crippen LogP contribution in [0.1, 0.15) is 47.9 Å².